The van der Waals surface area contributed by atoms with Gasteiger partial charge in [0, 0.05) is 23.7 Å². The number of fused-ring (bicyclic) bond motifs is 1. The molecule has 1 aliphatic rings. The number of aliphatic hydroxyl groups is 1. The van der Waals surface area contributed by atoms with E-state index in [2.05, 4.69) is 24.8 Å². The van der Waals surface area contributed by atoms with Gasteiger partial charge in [0.25, 0.3) is 0 Å². The number of ether oxygens (including phenoxy) is 1. The van der Waals surface area contributed by atoms with Crippen molar-refractivity contribution in [1.82, 2.24) is 0 Å². The molecule has 1 N–H and O–H groups in total. The molecule has 1 heterocycles. The molecule has 3 nitrogen and oxygen atoms in total. The molecular formula is C14H21NO2. The lowest BCUT2D eigenvalue weighted by Crippen LogP contribution is -2.44. The predicted octanol–water partition coefficient (Wildman–Crippen LogP) is 2.22. The monoisotopic (exact) mass is 235 g/mol. The highest BCUT2D eigenvalue weighted by molar-refractivity contribution is 5.65. The Hall–Kier alpha value is -1.22. The van der Waals surface area contributed by atoms with Crippen LogP contribution in [0.15, 0.2) is 18.2 Å². The van der Waals surface area contributed by atoms with Gasteiger partial charge in [-0.3, -0.25) is 0 Å². The summed E-state index contributed by atoms with van der Waals surface area (Å²) in [5.41, 5.74) is 2.42. The minimum atomic E-state index is -0.338. The molecule has 2 rings (SSSR count). The van der Waals surface area contributed by atoms with Gasteiger partial charge < -0.3 is 14.7 Å². The van der Waals surface area contributed by atoms with Crippen molar-refractivity contribution in [3.05, 3.63) is 23.8 Å². The molecule has 0 bridgehead atoms. The fraction of sp³-hybridized carbons (Fsp3) is 0.571. The first-order chi connectivity index (χ1) is 8.06. The molecule has 1 aromatic rings. The second-order valence-corrected chi connectivity index (χ2v) is 4.97. The van der Waals surface area contributed by atoms with Crippen molar-refractivity contribution in [2.24, 2.45) is 0 Å². The molecule has 0 radical (unpaired) electrons. The van der Waals surface area contributed by atoms with Crippen molar-refractivity contribution < 1.29 is 9.84 Å². The van der Waals surface area contributed by atoms with Crippen molar-refractivity contribution in [1.29, 1.82) is 0 Å². The molecule has 0 saturated carbocycles. The lowest BCUT2D eigenvalue weighted by atomic mass is 10.1. The van der Waals surface area contributed by atoms with E-state index in [4.69, 9.17) is 4.74 Å². The third kappa shape index (κ3) is 2.00. The molecule has 0 spiro atoms. The molecule has 0 aromatic heterocycles. The number of methoxy groups -OCH3 is 1. The van der Waals surface area contributed by atoms with Gasteiger partial charge in [0.1, 0.15) is 5.75 Å². The second kappa shape index (κ2) is 4.57. The second-order valence-electron chi connectivity index (χ2n) is 4.97. The normalized spacial score (nSPS) is 20.6. The van der Waals surface area contributed by atoms with E-state index in [0.717, 1.165) is 12.2 Å². The number of nitrogens with zero attached hydrogens (tertiary/aromatic N) is 1. The first kappa shape index (κ1) is 12.2. The number of hydrogen-bond donors (Lipinski definition) is 1. The third-order valence-corrected chi connectivity index (χ3v) is 3.49. The topological polar surface area (TPSA) is 32.7 Å². The zero-order chi connectivity index (χ0) is 12.6. The minimum Gasteiger partial charge on any atom is -0.496 e. The van der Waals surface area contributed by atoms with Crippen LogP contribution in [0.25, 0.3) is 0 Å². The van der Waals surface area contributed by atoms with E-state index >= 15 is 0 Å². The van der Waals surface area contributed by atoms with Crippen molar-refractivity contribution in [2.45, 2.75) is 45.4 Å². The summed E-state index contributed by atoms with van der Waals surface area (Å²) in [6, 6.07) is 6.64. The number of aliphatic hydroxyl groups excluding tert-OH is 1. The highest BCUT2D eigenvalue weighted by Gasteiger charge is 2.35. The van der Waals surface area contributed by atoms with Crippen LogP contribution < -0.4 is 9.64 Å². The Labute approximate surface area is 103 Å². The average Bonchev–Trinajstić information content (AvgIpc) is 2.67. The first-order valence-electron chi connectivity index (χ1n) is 6.18. The highest BCUT2D eigenvalue weighted by atomic mass is 16.5. The summed E-state index contributed by atoms with van der Waals surface area (Å²) < 4.78 is 5.40. The van der Waals surface area contributed by atoms with Crippen LogP contribution in [-0.2, 0) is 6.42 Å². The van der Waals surface area contributed by atoms with E-state index in [-0.39, 0.29) is 12.1 Å². The van der Waals surface area contributed by atoms with E-state index in [9.17, 15) is 5.11 Å². The highest BCUT2D eigenvalue weighted by Crippen LogP contribution is 2.40. The molecule has 0 saturated heterocycles. The molecule has 0 amide bonds. The molecule has 0 fully saturated rings. The maximum atomic E-state index is 9.92. The lowest BCUT2D eigenvalue weighted by molar-refractivity contribution is 0.159. The summed E-state index contributed by atoms with van der Waals surface area (Å²) in [6.45, 7) is 6.17. The number of anilines is 1. The Kier molecular flexibility index (Phi) is 3.29. The predicted molar refractivity (Wildman–Crippen MR) is 69.8 cm³/mol. The fourth-order valence-electron chi connectivity index (χ4n) is 2.74. The molecule has 0 aliphatic carbocycles. The zero-order valence-electron chi connectivity index (χ0n) is 11.0. The molecule has 1 aliphatic heterocycles. The van der Waals surface area contributed by atoms with Gasteiger partial charge in [-0.25, -0.2) is 0 Å². The van der Waals surface area contributed by atoms with Crippen molar-refractivity contribution in [3.63, 3.8) is 0 Å². The molecule has 2 unspecified atom stereocenters. The van der Waals surface area contributed by atoms with Gasteiger partial charge in [-0.2, -0.15) is 0 Å². The molecule has 3 heteroatoms. The van der Waals surface area contributed by atoms with Gasteiger partial charge in [-0.15, -0.1) is 0 Å². The van der Waals surface area contributed by atoms with E-state index < -0.39 is 0 Å². The lowest BCUT2D eigenvalue weighted by Gasteiger charge is -2.33. The van der Waals surface area contributed by atoms with Crippen LogP contribution in [-0.4, -0.2) is 30.4 Å². The van der Waals surface area contributed by atoms with Gasteiger partial charge in [0.2, 0.25) is 0 Å². The van der Waals surface area contributed by atoms with Gasteiger partial charge in [-0.05, 0) is 32.9 Å². The van der Waals surface area contributed by atoms with Crippen LogP contribution in [0.4, 0.5) is 5.69 Å². The maximum absolute atomic E-state index is 9.92. The largest absolute Gasteiger partial charge is 0.496 e. The van der Waals surface area contributed by atoms with Crippen LogP contribution in [0.3, 0.4) is 0 Å². The van der Waals surface area contributed by atoms with E-state index in [1.54, 1.807) is 7.11 Å². The molecular weight excluding hydrogens is 214 g/mol. The van der Waals surface area contributed by atoms with Crippen LogP contribution >= 0.6 is 0 Å². The number of benzene rings is 1. The summed E-state index contributed by atoms with van der Waals surface area (Å²) >= 11 is 0. The Morgan fingerprint density at radius 2 is 2.06 bits per heavy atom. The smallest absolute Gasteiger partial charge is 0.124 e. The Morgan fingerprint density at radius 3 is 2.59 bits per heavy atom. The van der Waals surface area contributed by atoms with Crippen LogP contribution in [0.1, 0.15) is 26.3 Å². The molecule has 2 atom stereocenters. The summed E-state index contributed by atoms with van der Waals surface area (Å²) in [6.07, 6.45) is 0.518. The standard InChI is InChI=1S/C14H21NO2/c1-9(2)15-12-6-5-7-14(17-4)11(12)8-13(15)10(3)16/h5-7,9-10,13,16H,8H2,1-4H3. The SMILES string of the molecule is COc1cccc2c1CC(C(C)O)N2C(C)C. The summed E-state index contributed by atoms with van der Waals surface area (Å²) in [5.74, 6) is 0.927. The van der Waals surface area contributed by atoms with Crippen molar-refractivity contribution in [3.8, 4) is 5.75 Å². The number of hydrogen-bond acceptors (Lipinski definition) is 3. The summed E-state index contributed by atoms with van der Waals surface area (Å²) in [4.78, 5) is 2.29. The Morgan fingerprint density at radius 1 is 1.35 bits per heavy atom. The average molecular weight is 235 g/mol. The summed E-state index contributed by atoms with van der Waals surface area (Å²) in [5, 5.41) is 9.92. The van der Waals surface area contributed by atoms with Gasteiger partial charge in [-0.1, -0.05) is 6.07 Å². The summed E-state index contributed by atoms with van der Waals surface area (Å²) in [7, 11) is 1.70. The Balaban J connectivity index is 2.45. The van der Waals surface area contributed by atoms with Crippen molar-refractivity contribution in [2.75, 3.05) is 12.0 Å². The van der Waals surface area contributed by atoms with Crippen LogP contribution in [0.5, 0.6) is 5.75 Å². The van der Waals surface area contributed by atoms with Crippen LogP contribution in [0, 0.1) is 0 Å². The quantitative estimate of drug-likeness (QED) is 0.872. The first-order valence-corrected chi connectivity index (χ1v) is 6.18. The molecule has 17 heavy (non-hydrogen) atoms. The molecule has 94 valence electrons. The van der Waals surface area contributed by atoms with E-state index in [1.807, 2.05) is 19.1 Å². The molecule has 1 aromatic carbocycles. The minimum absolute atomic E-state index is 0.154. The number of rotatable bonds is 3. The van der Waals surface area contributed by atoms with E-state index in [0.29, 0.717) is 6.04 Å². The van der Waals surface area contributed by atoms with Crippen LogP contribution in [0.2, 0.25) is 0 Å². The maximum Gasteiger partial charge on any atom is 0.124 e. The third-order valence-electron chi connectivity index (χ3n) is 3.49. The van der Waals surface area contributed by atoms with E-state index in [1.165, 1.54) is 11.3 Å². The van der Waals surface area contributed by atoms with Gasteiger partial charge in [0.15, 0.2) is 0 Å². The fourth-order valence-corrected chi connectivity index (χ4v) is 2.74. The van der Waals surface area contributed by atoms with Gasteiger partial charge >= 0.3 is 0 Å². The zero-order valence-corrected chi connectivity index (χ0v) is 11.0. The Bertz CT molecular complexity index is 401. The van der Waals surface area contributed by atoms with Crippen molar-refractivity contribution >= 4 is 5.69 Å². The van der Waals surface area contributed by atoms with Gasteiger partial charge in [0.05, 0.1) is 19.3 Å².